The van der Waals surface area contributed by atoms with Crippen LogP contribution in [0.5, 0.6) is 0 Å². The highest BCUT2D eigenvalue weighted by atomic mass is 32.1. The van der Waals surface area contributed by atoms with E-state index >= 15 is 0 Å². The van der Waals surface area contributed by atoms with Crippen LogP contribution in [0.3, 0.4) is 0 Å². The molecule has 0 atom stereocenters. The molecule has 0 unspecified atom stereocenters. The lowest BCUT2D eigenvalue weighted by molar-refractivity contribution is 0.0468. The molecule has 138 valence electrons. The van der Waals surface area contributed by atoms with E-state index in [2.05, 4.69) is 10.3 Å². The Morgan fingerprint density at radius 2 is 2.22 bits per heavy atom. The van der Waals surface area contributed by atoms with E-state index in [1.165, 1.54) is 11.3 Å². The number of nitrogens with one attached hydrogen (secondary N) is 1. The van der Waals surface area contributed by atoms with Gasteiger partial charge in [0, 0.05) is 24.2 Å². The fraction of sp³-hybridized carbons (Fsp3) is 0.211. The molecule has 1 aliphatic rings. The monoisotopic (exact) mass is 399 g/mol. The highest BCUT2D eigenvalue weighted by Crippen LogP contribution is 2.28. The number of esters is 1. The summed E-state index contributed by atoms with van der Waals surface area (Å²) in [6.45, 7) is 3.27. The second-order valence-corrected chi connectivity index (χ2v) is 7.89. The number of nitrogens with zero attached hydrogens (tertiary/aromatic N) is 2. The Balaban J connectivity index is 1.41. The summed E-state index contributed by atoms with van der Waals surface area (Å²) < 4.78 is 5.40. The van der Waals surface area contributed by atoms with Crippen LogP contribution in [0.4, 0.5) is 10.5 Å². The van der Waals surface area contributed by atoms with Gasteiger partial charge < -0.3 is 10.1 Å². The summed E-state index contributed by atoms with van der Waals surface area (Å²) in [5, 5.41) is 7.62. The van der Waals surface area contributed by atoms with E-state index in [-0.39, 0.29) is 12.6 Å². The smallest absolute Gasteiger partial charge is 0.338 e. The molecule has 0 aliphatic carbocycles. The number of carbonyl (C=O) groups is 2. The zero-order valence-electron chi connectivity index (χ0n) is 14.6. The van der Waals surface area contributed by atoms with Crippen LogP contribution in [0, 0.1) is 6.92 Å². The van der Waals surface area contributed by atoms with Crippen LogP contribution in [0.25, 0.3) is 9.88 Å². The number of aromatic nitrogens is 1. The average molecular weight is 399 g/mol. The molecule has 4 rings (SSSR count). The minimum atomic E-state index is -0.402. The Labute approximate surface area is 164 Å². The lowest BCUT2D eigenvalue weighted by Gasteiger charge is -2.17. The van der Waals surface area contributed by atoms with Gasteiger partial charge in [0.25, 0.3) is 0 Å². The molecule has 0 bridgehead atoms. The summed E-state index contributed by atoms with van der Waals surface area (Å²) in [5.74, 6) is -0.402. The molecule has 27 heavy (non-hydrogen) atoms. The van der Waals surface area contributed by atoms with Crippen molar-refractivity contribution in [1.82, 2.24) is 10.3 Å². The standard InChI is InChI=1S/C19H17N3O3S2/c1-12-9-13(4-5-15(12)22-7-6-20-19(22)24)18(23)25-10-14-11-27-17(21-14)16-3-2-8-26-16/h2-5,8-9,11H,6-7,10H2,1H3,(H,20,24). The number of carbonyl (C=O) groups excluding carboxylic acids is 2. The molecule has 0 saturated carbocycles. The molecule has 1 fully saturated rings. The number of rotatable bonds is 5. The van der Waals surface area contributed by atoms with Crippen molar-refractivity contribution in [1.29, 1.82) is 0 Å². The second-order valence-electron chi connectivity index (χ2n) is 6.08. The van der Waals surface area contributed by atoms with Gasteiger partial charge in [0.05, 0.1) is 16.1 Å². The van der Waals surface area contributed by atoms with Crippen molar-refractivity contribution >= 4 is 40.4 Å². The fourth-order valence-corrected chi connectivity index (χ4v) is 4.51. The average Bonchev–Trinajstić information content (AvgIpc) is 3.41. The zero-order valence-corrected chi connectivity index (χ0v) is 16.2. The number of benzene rings is 1. The molecule has 1 saturated heterocycles. The summed E-state index contributed by atoms with van der Waals surface area (Å²) in [4.78, 5) is 31.5. The van der Waals surface area contributed by atoms with Gasteiger partial charge in [-0.15, -0.1) is 22.7 Å². The van der Waals surface area contributed by atoms with E-state index in [1.54, 1.807) is 34.4 Å². The maximum absolute atomic E-state index is 12.4. The van der Waals surface area contributed by atoms with Gasteiger partial charge >= 0.3 is 12.0 Å². The molecule has 6 nitrogen and oxygen atoms in total. The largest absolute Gasteiger partial charge is 0.456 e. The first kappa shape index (κ1) is 17.7. The summed E-state index contributed by atoms with van der Waals surface area (Å²) >= 11 is 3.17. The van der Waals surface area contributed by atoms with Gasteiger partial charge in [0.2, 0.25) is 0 Å². The van der Waals surface area contributed by atoms with E-state index in [1.807, 2.05) is 29.8 Å². The molecule has 8 heteroatoms. The van der Waals surface area contributed by atoms with E-state index in [9.17, 15) is 9.59 Å². The normalized spacial score (nSPS) is 13.7. The Morgan fingerprint density at radius 3 is 2.93 bits per heavy atom. The van der Waals surface area contributed by atoms with Crippen LogP contribution < -0.4 is 10.2 Å². The van der Waals surface area contributed by atoms with Crippen molar-refractivity contribution in [3.63, 3.8) is 0 Å². The molecular weight excluding hydrogens is 382 g/mol. The van der Waals surface area contributed by atoms with Gasteiger partial charge in [-0.25, -0.2) is 14.6 Å². The highest BCUT2D eigenvalue weighted by Gasteiger charge is 2.23. The molecule has 3 heterocycles. The van der Waals surface area contributed by atoms with Crippen LogP contribution in [0.2, 0.25) is 0 Å². The summed E-state index contributed by atoms with van der Waals surface area (Å²) in [6.07, 6.45) is 0. The number of urea groups is 1. The Hall–Kier alpha value is -2.71. The van der Waals surface area contributed by atoms with Crippen LogP contribution >= 0.6 is 22.7 Å². The summed E-state index contributed by atoms with van der Waals surface area (Å²) in [5.41, 5.74) is 2.86. The number of thiophene rings is 1. The molecule has 0 radical (unpaired) electrons. The molecule has 2 amide bonds. The van der Waals surface area contributed by atoms with Crippen LogP contribution in [-0.4, -0.2) is 30.1 Å². The third-order valence-electron chi connectivity index (χ3n) is 4.21. The topological polar surface area (TPSA) is 71.5 Å². The van der Waals surface area contributed by atoms with Crippen LogP contribution in [0.15, 0.2) is 41.1 Å². The van der Waals surface area contributed by atoms with Crippen LogP contribution in [-0.2, 0) is 11.3 Å². The SMILES string of the molecule is Cc1cc(C(=O)OCc2csc(-c3cccs3)n2)ccc1N1CCNC1=O. The van der Waals surface area contributed by atoms with E-state index in [0.29, 0.717) is 18.7 Å². The molecule has 1 aromatic carbocycles. The van der Waals surface area contributed by atoms with Gasteiger partial charge in [0.1, 0.15) is 11.6 Å². The van der Waals surface area contributed by atoms with Gasteiger partial charge in [-0.1, -0.05) is 6.07 Å². The first-order chi connectivity index (χ1) is 13.1. The van der Waals surface area contributed by atoms with E-state index < -0.39 is 5.97 Å². The number of aryl methyl sites for hydroxylation is 1. The molecule has 1 N–H and O–H groups in total. The predicted octanol–water partition coefficient (Wildman–Crippen LogP) is 4.07. The quantitative estimate of drug-likeness (QED) is 0.657. The Morgan fingerprint density at radius 1 is 1.33 bits per heavy atom. The number of hydrogen-bond donors (Lipinski definition) is 1. The second kappa shape index (κ2) is 7.50. The molecule has 2 aromatic heterocycles. The number of anilines is 1. The van der Waals surface area contributed by atoms with Crippen molar-refractivity contribution in [2.24, 2.45) is 0 Å². The number of ether oxygens (including phenoxy) is 1. The number of hydrogen-bond acceptors (Lipinski definition) is 6. The van der Waals surface area contributed by atoms with E-state index in [4.69, 9.17) is 4.74 Å². The van der Waals surface area contributed by atoms with Gasteiger partial charge in [-0.3, -0.25) is 4.90 Å². The maximum atomic E-state index is 12.4. The maximum Gasteiger partial charge on any atom is 0.338 e. The van der Waals surface area contributed by atoms with Crippen molar-refractivity contribution in [3.8, 4) is 9.88 Å². The fourth-order valence-electron chi connectivity index (χ4n) is 2.90. The highest BCUT2D eigenvalue weighted by molar-refractivity contribution is 7.20. The first-order valence-electron chi connectivity index (χ1n) is 8.43. The summed E-state index contributed by atoms with van der Waals surface area (Å²) in [6, 6.07) is 9.12. The lowest BCUT2D eigenvalue weighted by atomic mass is 10.1. The van der Waals surface area contributed by atoms with Gasteiger partial charge in [-0.05, 0) is 42.1 Å². The third kappa shape index (κ3) is 3.72. The number of amides is 2. The van der Waals surface area contributed by atoms with Crippen LogP contribution in [0.1, 0.15) is 21.6 Å². The lowest BCUT2D eigenvalue weighted by Crippen LogP contribution is -2.28. The van der Waals surface area contributed by atoms with Crippen molar-refractivity contribution in [3.05, 3.63) is 57.9 Å². The predicted molar refractivity (Wildman–Crippen MR) is 106 cm³/mol. The van der Waals surface area contributed by atoms with Gasteiger partial charge in [0.15, 0.2) is 0 Å². The molecular formula is C19H17N3O3S2. The Kier molecular flexibility index (Phi) is 4.91. The molecule has 0 spiro atoms. The Bertz CT molecular complexity index is 982. The minimum absolute atomic E-state index is 0.112. The van der Waals surface area contributed by atoms with Crippen molar-refractivity contribution in [2.75, 3.05) is 18.0 Å². The molecule has 1 aliphatic heterocycles. The van der Waals surface area contributed by atoms with Gasteiger partial charge in [-0.2, -0.15) is 0 Å². The third-order valence-corrected chi connectivity index (χ3v) is 6.15. The zero-order chi connectivity index (χ0) is 18.8. The summed E-state index contributed by atoms with van der Waals surface area (Å²) in [7, 11) is 0. The van der Waals surface area contributed by atoms with E-state index in [0.717, 1.165) is 26.8 Å². The van der Waals surface area contributed by atoms with Crippen molar-refractivity contribution < 1.29 is 14.3 Å². The first-order valence-corrected chi connectivity index (χ1v) is 10.2. The number of thiazole rings is 1. The molecule has 3 aromatic rings. The van der Waals surface area contributed by atoms with Crippen molar-refractivity contribution in [2.45, 2.75) is 13.5 Å². The minimum Gasteiger partial charge on any atom is -0.456 e.